The highest BCUT2D eigenvalue weighted by molar-refractivity contribution is 7.93. The van der Waals surface area contributed by atoms with Crippen LogP contribution in [0.4, 0.5) is 5.00 Å². The maximum atomic E-state index is 13.2. The third-order valence-electron chi connectivity index (χ3n) is 4.41. The van der Waals surface area contributed by atoms with Crippen LogP contribution in [0.15, 0.2) is 38.5 Å². The average molecular weight is 415 g/mol. The second-order valence-electron chi connectivity index (χ2n) is 6.87. The molecule has 0 unspecified atom stereocenters. The summed E-state index contributed by atoms with van der Waals surface area (Å²) in [6, 6.07) is 6.51. The van der Waals surface area contributed by atoms with Gasteiger partial charge in [-0.3, -0.25) is 0 Å². The monoisotopic (exact) mass is 414 g/mol. The summed E-state index contributed by atoms with van der Waals surface area (Å²) in [5.41, 5.74) is 0.948. The molecule has 26 heavy (non-hydrogen) atoms. The first-order valence-corrected chi connectivity index (χ1v) is 12.6. The molecule has 1 saturated heterocycles. The van der Waals surface area contributed by atoms with Gasteiger partial charge in [-0.15, -0.1) is 0 Å². The van der Waals surface area contributed by atoms with Crippen LogP contribution in [0.3, 0.4) is 0 Å². The quantitative estimate of drug-likeness (QED) is 0.765. The summed E-state index contributed by atoms with van der Waals surface area (Å²) in [7, 11) is -7.49. The van der Waals surface area contributed by atoms with Gasteiger partial charge in [0.1, 0.15) is 5.00 Å². The van der Waals surface area contributed by atoms with Crippen molar-refractivity contribution < 1.29 is 16.8 Å². The zero-order valence-corrected chi connectivity index (χ0v) is 17.4. The minimum atomic E-state index is -3.90. The number of thiazole rings is 1. The highest BCUT2D eigenvalue weighted by Gasteiger charge is 2.32. The van der Waals surface area contributed by atoms with Gasteiger partial charge < -0.3 is 4.90 Å². The van der Waals surface area contributed by atoms with Crippen LogP contribution in [0, 0.1) is 12.8 Å². The molecule has 142 valence electrons. The van der Waals surface area contributed by atoms with Crippen LogP contribution < -0.4 is 4.90 Å². The van der Waals surface area contributed by atoms with Gasteiger partial charge in [0.2, 0.25) is 24.0 Å². The average Bonchev–Trinajstić information content (AvgIpc) is 3.01. The lowest BCUT2D eigenvalue weighted by molar-refractivity contribution is 0.446. The molecule has 1 aromatic heterocycles. The molecule has 9 heteroatoms. The molecule has 0 radical (unpaired) electrons. The molecule has 0 amide bonds. The van der Waals surface area contributed by atoms with Crippen molar-refractivity contribution in [2.75, 3.05) is 24.2 Å². The number of aromatic nitrogens is 1. The summed E-state index contributed by atoms with van der Waals surface area (Å²) >= 11 is 0.947. The largest absolute Gasteiger partial charge is 0.361 e. The number of piperidine rings is 1. The normalized spacial score (nSPS) is 18.9. The highest BCUT2D eigenvalue weighted by Crippen LogP contribution is 2.38. The highest BCUT2D eigenvalue weighted by atomic mass is 32.2. The molecule has 0 bridgehead atoms. The van der Waals surface area contributed by atoms with Gasteiger partial charge >= 0.3 is 0 Å². The second-order valence-corrected chi connectivity index (χ2v) is 11.9. The van der Waals surface area contributed by atoms with Crippen molar-refractivity contribution in [2.45, 2.75) is 41.0 Å². The van der Waals surface area contributed by atoms with Gasteiger partial charge in [-0.25, -0.2) is 21.8 Å². The Morgan fingerprint density at radius 3 is 2.38 bits per heavy atom. The number of nitrogens with zero attached hydrogens (tertiary/aromatic N) is 2. The number of aryl methyl sites for hydroxylation is 1. The van der Waals surface area contributed by atoms with E-state index >= 15 is 0 Å². The Kier molecular flexibility index (Phi) is 5.15. The maximum absolute atomic E-state index is 13.2. The zero-order chi connectivity index (χ0) is 19.1. The SMILES string of the molecule is Cc1ccc(S(=O)(=O)c2nc(S(C)(=O)=O)sc2N2CCC[C@H](C)C2)cc1. The van der Waals surface area contributed by atoms with E-state index in [9.17, 15) is 16.8 Å². The van der Waals surface area contributed by atoms with E-state index in [1.54, 1.807) is 12.1 Å². The van der Waals surface area contributed by atoms with Crippen LogP contribution in [0.1, 0.15) is 25.3 Å². The number of rotatable bonds is 4. The summed E-state index contributed by atoms with van der Waals surface area (Å²) in [6.07, 6.45) is 3.07. The van der Waals surface area contributed by atoms with Crippen molar-refractivity contribution in [2.24, 2.45) is 5.92 Å². The molecule has 0 aliphatic carbocycles. The van der Waals surface area contributed by atoms with Crippen LogP contribution >= 0.6 is 11.3 Å². The minimum Gasteiger partial charge on any atom is -0.361 e. The van der Waals surface area contributed by atoms with Crippen LogP contribution in [0.2, 0.25) is 0 Å². The summed E-state index contributed by atoms with van der Waals surface area (Å²) < 4.78 is 50.1. The van der Waals surface area contributed by atoms with E-state index in [0.717, 1.165) is 36.0 Å². The molecule has 1 atom stereocenters. The molecule has 3 rings (SSSR count). The maximum Gasteiger partial charge on any atom is 0.226 e. The van der Waals surface area contributed by atoms with E-state index in [0.29, 0.717) is 24.0 Å². The molecule has 0 N–H and O–H groups in total. The van der Waals surface area contributed by atoms with E-state index in [2.05, 4.69) is 11.9 Å². The standard InChI is InChI=1S/C17H22N2O4S3/c1-12-6-8-14(9-7-12)26(22,23)15-16(19-10-4-5-13(2)11-19)24-17(18-15)25(3,20)21/h6-9,13H,4-5,10-11H2,1-3H3/t13-/m0/s1. The molecule has 2 heterocycles. The van der Waals surface area contributed by atoms with Gasteiger partial charge in [-0.2, -0.15) is 0 Å². The first-order valence-electron chi connectivity index (χ1n) is 8.36. The van der Waals surface area contributed by atoms with Crippen molar-refractivity contribution in [3.63, 3.8) is 0 Å². The lowest BCUT2D eigenvalue weighted by atomic mass is 10.0. The predicted octanol–water partition coefficient (Wildman–Crippen LogP) is 2.92. The fourth-order valence-electron chi connectivity index (χ4n) is 3.02. The first-order chi connectivity index (χ1) is 12.1. The second kappa shape index (κ2) is 6.94. The molecule has 1 fully saturated rings. The van der Waals surface area contributed by atoms with E-state index in [-0.39, 0.29) is 14.3 Å². The Balaban J connectivity index is 2.15. The number of benzene rings is 1. The first kappa shape index (κ1) is 19.3. The van der Waals surface area contributed by atoms with E-state index in [1.165, 1.54) is 12.1 Å². The lowest BCUT2D eigenvalue weighted by Gasteiger charge is -2.31. The van der Waals surface area contributed by atoms with Gasteiger partial charge in [-0.1, -0.05) is 36.0 Å². The van der Waals surface area contributed by atoms with Gasteiger partial charge in [0.25, 0.3) is 0 Å². The summed E-state index contributed by atoms with van der Waals surface area (Å²) in [6.45, 7) is 5.38. The predicted molar refractivity (Wildman–Crippen MR) is 102 cm³/mol. The van der Waals surface area contributed by atoms with Crippen molar-refractivity contribution in [1.29, 1.82) is 0 Å². The molecule has 2 aromatic rings. The third kappa shape index (κ3) is 3.79. The lowest BCUT2D eigenvalue weighted by Crippen LogP contribution is -2.34. The van der Waals surface area contributed by atoms with E-state index in [4.69, 9.17) is 0 Å². The number of sulfone groups is 2. The van der Waals surface area contributed by atoms with Gasteiger partial charge in [0, 0.05) is 19.3 Å². The number of hydrogen-bond acceptors (Lipinski definition) is 7. The van der Waals surface area contributed by atoms with Crippen LogP contribution in [0.25, 0.3) is 0 Å². The Morgan fingerprint density at radius 1 is 1.15 bits per heavy atom. The number of anilines is 1. The van der Waals surface area contributed by atoms with Gasteiger partial charge in [0.05, 0.1) is 4.90 Å². The Bertz CT molecular complexity index is 1010. The zero-order valence-electron chi connectivity index (χ0n) is 15.0. The summed E-state index contributed by atoms with van der Waals surface area (Å²) in [5.74, 6) is 0.419. The third-order valence-corrected chi connectivity index (χ3v) is 9.02. The topological polar surface area (TPSA) is 84.4 Å². The Morgan fingerprint density at radius 2 is 1.81 bits per heavy atom. The van der Waals surface area contributed by atoms with Crippen molar-refractivity contribution >= 4 is 36.0 Å². The van der Waals surface area contributed by atoms with E-state index in [1.807, 2.05) is 11.8 Å². The van der Waals surface area contributed by atoms with Crippen molar-refractivity contribution in [3.8, 4) is 0 Å². The molecule has 1 aromatic carbocycles. The van der Waals surface area contributed by atoms with Crippen LogP contribution in [-0.4, -0.2) is 41.2 Å². The molecule has 0 saturated carbocycles. The number of hydrogen-bond donors (Lipinski definition) is 0. The Hall–Kier alpha value is -1.45. The molecule has 6 nitrogen and oxygen atoms in total. The smallest absolute Gasteiger partial charge is 0.226 e. The molecular formula is C17H22N2O4S3. The van der Waals surface area contributed by atoms with Crippen LogP contribution in [-0.2, 0) is 19.7 Å². The van der Waals surface area contributed by atoms with Gasteiger partial charge in [0.15, 0.2) is 5.03 Å². The fourth-order valence-corrected chi connectivity index (χ4v) is 6.70. The summed E-state index contributed by atoms with van der Waals surface area (Å²) in [4.78, 5) is 6.14. The van der Waals surface area contributed by atoms with Crippen molar-refractivity contribution in [1.82, 2.24) is 4.98 Å². The molecule has 0 spiro atoms. The van der Waals surface area contributed by atoms with Gasteiger partial charge in [-0.05, 0) is 37.8 Å². The summed E-state index contributed by atoms with van der Waals surface area (Å²) in [5, 5.41) is 0.276. The van der Waals surface area contributed by atoms with E-state index < -0.39 is 19.7 Å². The Labute approximate surface area is 158 Å². The van der Waals surface area contributed by atoms with Crippen LogP contribution in [0.5, 0.6) is 0 Å². The molecule has 1 aliphatic rings. The molecular weight excluding hydrogens is 392 g/mol. The fraction of sp³-hybridized carbons (Fsp3) is 0.471. The van der Waals surface area contributed by atoms with Crippen molar-refractivity contribution in [3.05, 3.63) is 29.8 Å². The molecule has 1 aliphatic heterocycles. The minimum absolute atomic E-state index is 0.125.